The van der Waals surface area contributed by atoms with E-state index < -0.39 is 54.1 Å². The van der Waals surface area contributed by atoms with Gasteiger partial charge in [0.05, 0.1) is 30.1 Å². The highest BCUT2D eigenvalue weighted by molar-refractivity contribution is 6.18. The zero-order valence-corrected chi connectivity index (χ0v) is 17.9. The van der Waals surface area contributed by atoms with E-state index in [0.29, 0.717) is 6.42 Å². The van der Waals surface area contributed by atoms with E-state index in [0.717, 1.165) is 0 Å². The number of cyclic esters (lactones) is 1. The van der Waals surface area contributed by atoms with Crippen LogP contribution in [-0.2, 0) is 14.3 Å². The summed E-state index contributed by atoms with van der Waals surface area (Å²) in [5.41, 5.74) is 0. The van der Waals surface area contributed by atoms with Crippen molar-refractivity contribution in [3.63, 3.8) is 0 Å². The van der Waals surface area contributed by atoms with Gasteiger partial charge in [0.15, 0.2) is 0 Å². The SMILES string of the molecule is C[C@@H]1[C@@H](O)[C@@H](C)C[C@@H](C)C(=O)[C@H](C)[C@@H](O)[C@@H](C)[C@@H](CCl)OC(=O)[C@H](C)[C@H]1O. The standard InChI is InChI=1S/C20H35ClO6/c1-9-7-10(2)17(23)13(5)19(25)14(6)20(26)27-15(8-21)11(3)18(24)12(4)16(9)22/h9-15,17-19,23-25H,7-8H2,1-6H3/t9-,10+,11+,12+,13-,14-,15-,17+,18+,19+/m1/s1. The fourth-order valence-corrected chi connectivity index (χ4v) is 4.30. The third-order valence-electron chi connectivity index (χ3n) is 6.26. The molecule has 1 rings (SSSR count). The number of carbonyl (C=O) groups is 2. The molecule has 3 N–H and O–H groups in total. The van der Waals surface area contributed by atoms with Crippen molar-refractivity contribution in [3.05, 3.63) is 0 Å². The van der Waals surface area contributed by atoms with Gasteiger partial charge >= 0.3 is 5.97 Å². The molecule has 0 aromatic rings. The minimum absolute atomic E-state index is 0.0293. The summed E-state index contributed by atoms with van der Waals surface area (Å²) in [6.45, 7) is 10.2. The van der Waals surface area contributed by atoms with Gasteiger partial charge in [0.25, 0.3) is 0 Å². The molecule has 7 heteroatoms. The van der Waals surface area contributed by atoms with Crippen LogP contribution in [-0.4, -0.2) is 57.4 Å². The molecule has 0 aromatic heterocycles. The molecule has 158 valence electrons. The van der Waals surface area contributed by atoms with Gasteiger partial charge in [-0.2, -0.15) is 0 Å². The number of halogens is 1. The molecule has 1 heterocycles. The highest BCUT2D eigenvalue weighted by Gasteiger charge is 2.40. The Morgan fingerprint density at radius 3 is 1.93 bits per heavy atom. The molecule has 0 aliphatic carbocycles. The number of hydrogen-bond donors (Lipinski definition) is 3. The van der Waals surface area contributed by atoms with Crippen LogP contribution >= 0.6 is 11.6 Å². The van der Waals surface area contributed by atoms with Crippen LogP contribution < -0.4 is 0 Å². The summed E-state index contributed by atoms with van der Waals surface area (Å²) in [6, 6.07) is 0. The average molecular weight is 407 g/mol. The molecule has 0 saturated carbocycles. The number of aliphatic hydroxyl groups is 3. The first kappa shape index (κ1) is 24.3. The van der Waals surface area contributed by atoms with Crippen LogP contribution in [0, 0.1) is 35.5 Å². The van der Waals surface area contributed by atoms with Crippen LogP contribution in [0.15, 0.2) is 0 Å². The van der Waals surface area contributed by atoms with Crippen LogP contribution in [0.1, 0.15) is 48.0 Å². The van der Waals surface area contributed by atoms with Gasteiger partial charge in [0, 0.05) is 23.7 Å². The summed E-state index contributed by atoms with van der Waals surface area (Å²) >= 11 is 5.95. The topological polar surface area (TPSA) is 104 Å². The van der Waals surface area contributed by atoms with Gasteiger partial charge in [-0.05, 0) is 19.3 Å². The molecule has 0 spiro atoms. The second kappa shape index (κ2) is 10.2. The van der Waals surface area contributed by atoms with E-state index in [1.54, 1.807) is 34.6 Å². The average Bonchev–Trinajstić information content (AvgIpc) is 2.66. The van der Waals surface area contributed by atoms with Crippen molar-refractivity contribution in [2.24, 2.45) is 35.5 Å². The molecule has 1 saturated heterocycles. The predicted octanol–water partition coefficient (Wildman–Crippen LogP) is 2.01. The largest absolute Gasteiger partial charge is 0.460 e. The van der Waals surface area contributed by atoms with Crippen LogP contribution in [0.4, 0.5) is 0 Å². The second-order valence-corrected chi connectivity index (χ2v) is 8.72. The monoisotopic (exact) mass is 406 g/mol. The van der Waals surface area contributed by atoms with Gasteiger partial charge in [-0.25, -0.2) is 0 Å². The highest BCUT2D eigenvalue weighted by atomic mass is 35.5. The molecule has 1 fully saturated rings. The molecule has 1 aliphatic heterocycles. The lowest BCUT2D eigenvalue weighted by atomic mass is 9.77. The number of alkyl halides is 1. The summed E-state index contributed by atoms with van der Waals surface area (Å²) in [5.74, 6) is -3.98. The Morgan fingerprint density at radius 2 is 1.41 bits per heavy atom. The van der Waals surface area contributed by atoms with Crippen LogP contribution in [0.5, 0.6) is 0 Å². The normalized spacial score (nSPS) is 45.9. The van der Waals surface area contributed by atoms with E-state index in [9.17, 15) is 24.9 Å². The van der Waals surface area contributed by atoms with Crippen LogP contribution in [0.3, 0.4) is 0 Å². The third-order valence-corrected chi connectivity index (χ3v) is 6.57. The zero-order valence-electron chi connectivity index (χ0n) is 17.1. The fourth-order valence-electron chi connectivity index (χ4n) is 3.96. The number of hydrogen-bond acceptors (Lipinski definition) is 6. The van der Waals surface area contributed by atoms with E-state index in [1.807, 2.05) is 6.92 Å². The quantitative estimate of drug-likeness (QED) is 0.454. The number of rotatable bonds is 1. The Balaban J connectivity index is 3.23. The van der Waals surface area contributed by atoms with Gasteiger partial charge in [-0.15, -0.1) is 11.6 Å². The summed E-state index contributed by atoms with van der Waals surface area (Å²) in [4.78, 5) is 25.2. The molecular weight excluding hydrogens is 372 g/mol. The minimum atomic E-state index is -1.10. The zero-order chi connectivity index (χ0) is 21.0. The molecular formula is C20H35ClO6. The maximum Gasteiger partial charge on any atom is 0.311 e. The van der Waals surface area contributed by atoms with Crippen molar-refractivity contribution in [1.29, 1.82) is 0 Å². The molecule has 6 nitrogen and oxygen atoms in total. The smallest absolute Gasteiger partial charge is 0.311 e. The van der Waals surface area contributed by atoms with Crippen molar-refractivity contribution in [2.45, 2.75) is 72.4 Å². The fraction of sp³-hybridized carbons (Fsp3) is 0.900. The van der Waals surface area contributed by atoms with E-state index in [1.165, 1.54) is 0 Å². The first-order valence-electron chi connectivity index (χ1n) is 9.78. The lowest BCUT2D eigenvalue weighted by Gasteiger charge is -2.35. The third kappa shape index (κ3) is 5.66. The number of aliphatic hydroxyl groups excluding tert-OH is 3. The maximum absolute atomic E-state index is 12.7. The maximum atomic E-state index is 12.7. The lowest BCUT2D eigenvalue weighted by Crippen LogP contribution is -2.46. The summed E-state index contributed by atoms with van der Waals surface area (Å²) in [7, 11) is 0. The minimum Gasteiger partial charge on any atom is -0.460 e. The van der Waals surface area contributed by atoms with Crippen molar-refractivity contribution in [1.82, 2.24) is 0 Å². The van der Waals surface area contributed by atoms with Crippen LogP contribution in [0.25, 0.3) is 0 Å². The Bertz CT molecular complexity index is 513. The predicted molar refractivity (Wildman–Crippen MR) is 103 cm³/mol. The number of carbonyl (C=O) groups excluding carboxylic acids is 2. The lowest BCUT2D eigenvalue weighted by molar-refractivity contribution is -0.164. The Kier molecular flexibility index (Phi) is 9.19. The van der Waals surface area contributed by atoms with Crippen LogP contribution in [0.2, 0.25) is 0 Å². The molecule has 10 atom stereocenters. The molecule has 1 aliphatic rings. The number of esters is 1. The number of Topliss-reactive ketones (excluding diaryl/α,β-unsaturated/α-hetero) is 1. The van der Waals surface area contributed by atoms with E-state index >= 15 is 0 Å². The summed E-state index contributed by atoms with van der Waals surface area (Å²) in [6.07, 6.45) is -3.34. The molecule has 0 amide bonds. The van der Waals surface area contributed by atoms with Gasteiger partial charge in [-0.1, -0.05) is 34.6 Å². The molecule has 0 radical (unpaired) electrons. The van der Waals surface area contributed by atoms with Crippen molar-refractivity contribution in [2.75, 3.05) is 5.88 Å². The van der Waals surface area contributed by atoms with Crippen molar-refractivity contribution < 1.29 is 29.6 Å². The highest BCUT2D eigenvalue weighted by Crippen LogP contribution is 2.30. The molecule has 0 aromatic carbocycles. The van der Waals surface area contributed by atoms with E-state index in [4.69, 9.17) is 16.3 Å². The van der Waals surface area contributed by atoms with Gasteiger partial charge in [0.2, 0.25) is 0 Å². The first-order valence-corrected chi connectivity index (χ1v) is 10.3. The van der Waals surface area contributed by atoms with E-state index in [-0.39, 0.29) is 23.5 Å². The number of ether oxygens (including phenoxy) is 1. The second-order valence-electron chi connectivity index (χ2n) is 8.41. The summed E-state index contributed by atoms with van der Waals surface area (Å²) in [5, 5.41) is 31.8. The van der Waals surface area contributed by atoms with Crippen molar-refractivity contribution >= 4 is 23.4 Å². The van der Waals surface area contributed by atoms with Gasteiger partial charge < -0.3 is 20.1 Å². The molecule has 0 unspecified atom stereocenters. The van der Waals surface area contributed by atoms with Gasteiger partial charge in [0.1, 0.15) is 11.9 Å². The van der Waals surface area contributed by atoms with Gasteiger partial charge in [-0.3, -0.25) is 9.59 Å². The van der Waals surface area contributed by atoms with E-state index in [2.05, 4.69) is 0 Å². The number of ketones is 1. The Hall–Kier alpha value is -0.690. The van der Waals surface area contributed by atoms with Crippen molar-refractivity contribution in [3.8, 4) is 0 Å². The molecule has 27 heavy (non-hydrogen) atoms. The first-order chi connectivity index (χ1) is 12.4. The molecule has 0 bridgehead atoms. The Labute approximate surface area is 167 Å². The Morgan fingerprint density at radius 1 is 0.889 bits per heavy atom. The summed E-state index contributed by atoms with van der Waals surface area (Å²) < 4.78 is 5.45.